The largest absolute Gasteiger partial charge is 0.472 e. The highest BCUT2D eigenvalue weighted by atomic mass is 16.6. The molecule has 34 heavy (non-hydrogen) atoms. The minimum atomic E-state index is -0.706. The van der Waals surface area contributed by atoms with Gasteiger partial charge in [-0.05, 0) is 50.2 Å². The van der Waals surface area contributed by atoms with Crippen LogP contribution in [0.3, 0.4) is 0 Å². The van der Waals surface area contributed by atoms with E-state index < -0.39 is 40.6 Å². The fraction of sp³-hybridized carbons (Fsp3) is 0.731. The van der Waals surface area contributed by atoms with Crippen LogP contribution in [-0.2, 0) is 39.8 Å². The first-order valence-corrected chi connectivity index (χ1v) is 12.1. The van der Waals surface area contributed by atoms with E-state index in [9.17, 15) is 14.4 Å². The van der Waals surface area contributed by atoms with E-state index in [0.717, 1.165) is 18.4 Å². The minimum Gasteiger partial charge on any atom is -0.472 e. The molecule has 1 aromatic heterocycles. The molecule has 0 amide bonds. The van der Waals surface area contributed by atoms with E-state index >= 15 is 0 Å². The van der Waals surface area contributed by atoms with E-state index in [1.807, 2.05) is 13.0 Å². The van der Waals surface area contributed by atoms with Crippen LogP contribution in [-0.4, -0.2) is 48.4 Å². The highest BCUT2D eigenvalue weighted by molar-refractivity contribution is 5.68. The van der Waals surface area contributed by atoms with Crippen molar-refractivity contribution in [1.82, 2.24) is 0 Å². The predicted molar refractivity (Wildman–Crippen MR) is 120 cm³/mol. The minimum absolute atomic E-state index is 0.00107. The maximum atomic E-state index is 12.3. The van der Waals surface area contributed by atoms with Gasteiger partial charge in [-0.15, -0.1) is 0 Å². The first kappa shape index (κ1) is 24.8. The maximum Gasteiger partial charge on any atom is 0.303 e. The number of furan rings is 1. The van der Waals surface area contributed by atoms with Crippen LogP contribution in [0.1, 0.15) is 66.4 Å². The standard InChI is InChI=1S/C26H36O8/c1-15-22(32-17(3)28)23(33-18(4)29)24(5)20(7-8-21-25(24,6)34-21)26(15,14-31-16(2)27)11-9-19-10-12-30-13-19/h10,12-13,15,20-23H,7-9,11,14H2,1-6H3/t15-,20+,21-,22+,23+,24+,25-,26-/m1/s1. The number of fused-ring (bicyclic) bond motifs is 3. The predicted octanol–water partition coefficient (Wildman–Crippen LogP) is 3.85. The molecular weight excluding hydrogens is 440 g/mol. The fourth-order valence-electron chi connectivity index (χ4n) is 7.12. The number of epoxide rings is 1. The number of carbonyl (C=O) groups excluding carboxylic acids is 3. The van der Waals surface area contributed by atoms with E-state index in [-0.39, 0.29) is 30.5 Å². The normalized spacial score (nSPS) is 40.5. The summed E-state index contributed by atoms with van der Waals surface area (Å²) in [5.74, 6) is -1.47. The lowest BCUT2D eigenvalue weighted by molar-refractivity contribution is -0.255. The van der Waals surface area contributed by atoms with Gasteiger partial charge in [0.15, 0.2) is 0 Å². The zero-order chi connectivity index (χ0) is 24.9. The summed E-state index contributed by atoms with van der Waals surface area (Å²) in [6.45, 7) is 10.5. The molecule has 8 atom stereocenters. The Bertz CT molecular complexity index is 941. The summed E-state index contributed by atoms with van der Waals surface area (Å²) in [6, 6.07) is 1.93. The summed E-state index contributed by atoms with van der Waals surface area (Å²) >= 11 is 0. The lowest BCUT2D eigenvalue weighted by Crippen LogP contribution is -2.70. The van der Waals surface area contributed by atoms with Crippen molar-refractivity contribution in [1.29, 1.82) is 0 Å². The molecule has 4 rings (SSSR count). The molecule has 1 aromatic rings. The second-order valence-corrected chi connectivity index (χ2v) is 10.7. The Kier molecular flexibility index (Phi) is 6.34. The van der Waals surface area contributed by atoms with Gasteiger partial charge in [0.2, 0.25) is 0 Å². The molecule has 0 aromatic carbocycles. The number of hydrogen-bond acceptors (Lipinski definition) is 8. The zero-order valence-corrected chi connectivity index (χ0v) is 20.9. The number of ether oxygens (including phenoxy) is 4. The van der Waals surface area contributed by atoms with Gasteiger partial charge < -0.3 is 23.4 Å². The van der Waals surface area contributed by atoms with Crippen molar-refractivity contribution in [3.8, 4) is 0 Å². The molecule has 1 saturated heterocycles. The van der Waals surface area contributed by atoms with E-state index in [1.165, 1.54) is 20.8 Å². The molecule has 8 heteroatoms. The summed E-state index contributed by atoms with van der Waals surface area (Å²) in [6.07, 6.45) is 5.14. The smallest absolute Gasteiger partial charge is 0.303 e. The fourth-order valence-corrected chi connectivity index (χ4v) is 7.12. The van der Waals surface area contributed by atoms with Crippen molar-refractivity contribution in [2.45, 2.75) is 91.1 Å². The number of esters is 3. The number of carbonyl (C=O) groups is 3. The third-order valence-corrected chi connectivity index (χ3v) is 9.04. The highest BCUT2D eigenvalue weighted by Gasteiger charge is 2.78. The average molecular weight is 477 g/mol. The molecule has 0 unspecified atom stereocenters. The Hall–Kier alpha value is -2.35. The third-order valence-electron chi connectivity index (χ3n) is 9.04. The first-order valence-electron chi connectivity index (χ1n) is 12.1. The van der Waals surface area contributed by atoms with Crippen LogP contribution in [0, 0.1) is 22.7 Å². The lowest BCUT2D eigenvalue weighted by atomic mass is 9.42. The number of aryl methyl sites for hydroxylation is 1. The number of hydrogen-bond donors (Lipinski definition) is 0. The van der Waals surface area contributed by atoms with Crippen LogP contribution >= 0.6 is 0 Å². The van der Waals surface area contributed by atoms with Gasteiger partial charge in [0.25, 0.3) is 0 Å². The van der Waals surface area contributed by atoms with Crippen molar-refractivity contribution in [2.24, 2.45) is 22.7 Å². The van der Waals surface area contributed by atoms with Crippen LogP contribution in [0.4, 0.5) is 0 Å². The average Bonchev–Trinajstić information content (AvgIpc) is 3.18. The lowest BCUT2D eigenvalue weighted by Gasteiger charge is -2.63. The molecule has 0 spiro atoms. The van der Waals surface area contributed by atoms with Crippen molar-refractivity contribution in [2.75, 3.05) is 6.61 Å². The molecule has 2 aliphatic carbocycles. The second kappa shape index (κ2) is 8.70. The summed E-state index contributed by atoms with van der Waals surface area (Å²) in [4.78, 5) is 36.5. The third kappa shape index (κ3) is 3.84. The molecular formula is C26H36O8. The van der Waals surface area contributed by atoms with Gasteiger partial charge in [0, 0.05) is 37.5 Å². The summed E-state index contributed by atoms with van der Waals surface area (Å²) in [5.41, 5.74) is -0.671. The summed E-state index contributed by atoms with van der Waals surface area (Å²) < 4.78 is 29.1. The molecule has 0 radical (unpaired) electrons. The van der Waals surface area contributed by atoms with Crippen LogP contribution in [0.15, 0.2) is 23.0 Å². The molecule has 188 valence electrons. The zero-order valence-electron chi connectivity index (χ0n) is 20.9. The topological polar surface area (TPSA) is 105 Å². The van der Waals surface area contributed by atoms with Gasteiger partial charge in [0.05, 0.1) is 25.2 Å². The van der Waals surface area contributed by atoms with Gasteiger partial charge in [-0.25, -0.2) is 0 Å². The molecule has 2 saturated carbocycles. The second-order valence-electron chi connectivity index (χ2n) is 10.7. The van der Waals surface area contributed by atoms with Crippen LogP contribution < -0.4 is 0 Å². The molecule has 3 aliphatic rings. The highest BCUT2D eigenvalue weighted by Crippen LogP contribution is 2.71. The van der Waals surface area contributed by atoms with E-state index in [4.69, 9.17) is 23.4 Å². The molecule has 3 fully saturated rings. The molecule has 1 aliphatic heterocycles. The monoisotopic (exact) mass is 476 g/mol. The Morgan fingerprint density at radius 2 is 1.76 bits per heavy atom. The first-order chi connectivity index (χ1) is 16.0. The van der Waals surface area contributed by atoms with Crippen LogP contribution in [0.2, 0.25) is 0 Å². The van der Waals surface area contributed by atoms with Crippen molar-refractivity contribution in [3.63, 3.8) is 0 Å². The number of rotatable bonds is 7. The van der Waals surface area contributed by atoms with Crippen LogP contribution in [0.5, 0.6) is 0 Å². The van der Waals surface area contributed by atoms with E-state index in [1.54, 1.807) is 12.5 Å². The van der Waals surface area contributed by atoms with Crippen molar-refractivity contribution < 1.29 is 37.7 Å². The Balaban J connectivity index is 1.85. The van der Waals surface area contributed by atoms with Gasteiger partial charge in [-0.1, -0.05) is 13.8 Å². The van der Waals surface area contributed by atoms with Crippen molar-refractivity contribution in [3.05, 3.63) is 24.2 Å². The molecule has 2 heterocycles. The Labute approximate surface area is 200 Å². The molecule has 0 N–H and O–H groups in total. The SMILES string of the molecule is CC(=O)OC[C@]1(CCc2ccoc2)[C@H](C)[C@H](OC(C)=O)[C@H](OC(C)=O)[C@]2(C)[C@@H]1CC[C@H]1O[C@]12C. The van der Waals surface area contributed by atoms with Gasteiger partial charge in [0.1, 0.15) is 17.8 Å². The van der Waals surface area contributed by atoms with Gasteiger partial charge in [-0.2, -0.15) is 0 Å². The van der Waals surface area contributed by atoms with Crippen LogP contribution in [0.25, 0.3) is 0 Å². The quantitative estimate of drug-likeness (QED) is 0.332. The Morgan fingerprint density at radius 3 is 2.35 bits per heavy atom. The Morgan fingerprint density at radius 1 is 1.06 bits per heavy atom. The molecule has 0 bridgehead atoms. The van der Waals surface area contributed by atoms with Gasteiger partial charge in [-0.3, -0.25) is 14.4 Å². The summed E-state index contributed by atoms with van der Waals surface area (Å²) in [5, 5.41) is 0. The van der Waals surface area contributed by atoms with Crippen molar-refractivity contribution >= 4 is 17.9 Å². The molecule has 8 nitrogen and oxygen atoms in total. The maximum absolute atomic E-state index is 12.3. The van der Waals surface area contributed by atoms with E-state index in [2.05, 4.69) is 13.8 Å². The van der Waals surface area contributed by atoms with E-state index in [0.29, 0.717) is 12.8 Å². The summed E-state index contributed by atoms with van der Waals surface area (Å²) in [7, 11) is 0. The van der Waals surface area contributed by atoms with Gasteiger partial charge >= 0.3 is 17.9 Å².